The summed E-state index contributed by atoms with van der Waals surface area (Å²) in [4.78, 5) is 0. The van der Waals surface area contributed by atoms with Gasteiger partial charge in [0.05, 0.1) is 6.04 Å². The van der Waals surface area contributed by atoms with Crippen LogP contribution in [0.15, 0.2) is 54.6 Å². The van der Waals surface area contributed by atoms with Crippen molar-refractivity contribution in [1.82, 2.24) is 4.72 Å². The molecule has 102 valence electrons. The summed E-state index contributed by atoms with van der Waals surface area (Å²) < 4.78 is 3.39. The minimum absolute atomic E-state index is 0.190. The topological polar surface area (TPSA) is 12.0 Å². The van der Waals surface area contributed by atoms with Crippen LogP contribution in [-0.4, -0.2) is 0 Å². The fraction of sp³-hybridized carbons (Fsp3) is 0.200. The zero-order chi connectivity index (χ0) is 14.1. The third-order valence-electron chi connectivity index (χ3n) is 2.50. The van der Waals surface area contributed by atoms with Crippen molar-refractivity contribution < 1.29 is 0 Å². The van der Waals surface area contributed by atoms with Gasteiger partial charge >= 0.3 is 0 Å². The highest BCUT2D eigenvalue weighted by atomic mass is 127. The van der Waals surface area contributed by atoms with Gasteiger partial charge in [-0.1, -0.05) is 67.9 Å². The van der Waals surface area contributed by atoms with Crippen LogP contribution in [0.25, 0.3) is 0 Å². The van der Waals surface area contributed by atoms with Crippen molar-refractivity contribution in [2.75, 3.05) is 0 Å². The quantitative estimate of drug-likeness (QED) is 0.491. The van der Waals surface area contributed by atoms with E-state index in [-0.39, 0.29) is 6.04 Å². The van der Waals surface area contributed by atoms with E-state index in [9.17, 15) is 0 Å². The lowest BCUT2D eigenvalue weighted by Crippen LogP contribution is -2.14. The van der Waals surface area contributed by atoms with Crippen LogP contribution < -0.4 is 4.72 Å². The van der Waals surface area contributed by atoms with Gasteiger partial charge in [-0.15, -0.1) is 0 Å². The van der Waals surface area contributed by atoms with Crippen molar-refractivity contribution in [1.29, 1.82) is 0 Å². The minimum Gasteiger partial charge on any atom is -0.243 e. The highest BCUT2D eigenvalue weighted by molar-refractivity contribution is 14.2. The van der Waals surface area contributed by atoms with Gasteiger partial charge in [0, 0.05) is 26.2 Å². The van der Waals surface area contributed by atoms with Crippen LogP contribution in [-0.2, 0) is 0 Å². The van der Waals surface area contributed by atoms with Gasteiger partial charge in [-0.3, -0.25) is 0 Å². The smallest absolute Gasteiger partial charge is 0.0678 e. The van der Waals surface area contributed by atoms with Crippen molar-refractivity contribution >= 4 is 41.9 Å². The summed E-state index contributed by atoms with van der Waals surface area (Å²) in [5.74, 6) is 0. The summed E-state index contributed by atoms with van der Waals surface area (Å²) in [6.45, 7) is 4.00. The fourth-order valence-electron chi connectivity index (χ4n) is 1.67. The predicted octanol–water partition coefficient (Wildman–Crippen LogP) is 6.04. The van der Waals surface area contributed by atoms with Crippen molar-refractivity contribution in [3.8, 4) is 0 Å². The van der Waals surface area contributed by atoms with Crippen molar-refractivity contribution in [3.63, 3.8) is 0 Å². The van der Waals surface area contributed by atoms with E-state index < -0.39 is 0 Å². The molecule has 2 rings (SSSR count). The van der Waals surface area contributed by atoms with Crippen molar-refractivity contribution in [3.05, 3.63) is 70.7 Å². The monoisotopic (exact) mass is 405 g/mol. The average molecular weight is 406 g/mol. The van der Waals surface area contributed by atoms with Gasteiger partial charge in [-0.25, -0.2) is 4.72 Å². The maximum atomic E-state index is 5.91. The van der Waals surface area contributed by atoms with E-state index in [0.717, 1.165) is 5.02 Å². The van der Waals surface area contributed by atoms with Gasteiger partial charge in [0.15, 0.2) is 0 Å². The first-order chi connectivity index (χ1) is 9.31. The Bertz CT molecular complexity index is 461. The van der Waals surface area contributed by atoms with E-state index in [1.54, 1.807) is 9.12 Å². The Morgan fingerprint density at radius 1 is 0.947 bits per heavy atom. The number of rotatable bonds is 4. The maximum Gasteiger partial charge on any atom is 0.0678 e. The van der Waals surface area contributed by atoms with Gasteiger partial charge in [0.2, 0.25) is 0 Å². The summed E-state index contributed by atoms with van der Waals surface area (Å²) in [5, 5.41) is 0.766. The number of hydrogen-bond acceptors (Lipinski definition) is 2. The van der Waals surface area contributed by atoms with Crippen LogP contribution in [0.1, 0.15) is 31.0 Å². The first-order valence-electron chi connectivity index (χ1n) is 6.15. The average Bonchev–Trinajstić information content (AvgIpc) is 2.49. The molecule has 0 radical (unpaired) electrons. The largest absolute Gasteiger partial charge is 0.243 e. The summed E-state index contributed by atoms with van der Waals surface area (Å²) in [5.41, 5.74) is 2.46. The lowest BCUT2D eigenvalue weighted by molar-refractivity contribution is 0.808. The van der Waals surface area contributed by atoms with E-state index in [4.69, 9.17) is 11.6 Å². The fourth-order valence-corrected chi connectivity index (χ4v) is 2.92. The first kappa shape index (κ1) is 16.8. The zero-order valence-corrected chi connectivity index (χ0v) is 14.7. The van der Waals surface area contributed by atoms with E-state index in [1.807, 2.05) is 32.0 Å². The van der Waals surface area contributed by atoms with Crippen LogP contribution in [0.5, 0.6) is 0 Å². The molecule has 0 bridgehead atoms. The molecule has 0 aliphatic carbocycles. The summed E-state index contributed by atoms with van der Waals surface area (Å²) in [6, 6.07) is 18.5. The molecule has 0 fully saturated rings. The van der Waals surface area contributed by atoms with Gasteiger partial charge in [0.25, 0.3) is 0 Å². The molecule has 0 aliphatic heterocycles. The third-order valence-corrected chi connectivity index (χ3v) is 3.84. The van der Waals surface area contributed by atoms with Crippen molar-refractivity contribution in [2.24, 2.45) is 0 Å². The zero-order valence-electron chi connectivity index (χ0n) is 10.9. The standard InChI is InChI=1S/C13H11ClINS.C2H6/c14-12-8-6-11(7-9-12)13(16-17-15)10-4-2-1-3-5-10;1-2/h1-9,13,16H;1-2H3. The predicted molar refractivity (Wildman–Crippen MR) is 95.8 cm³/mol. The molecule has 1 unspecified atom stereocenters. The number of hydrogen-bond donors (Lipinski definition) is 1. The molecule has 19 heavy (non-hydrogen) atoms. The second-order valence-corrected chi connectivity index (χ2v) is 5.74. The molecule has 2 aromatic carbocycles. The highest BCUT2D eigenvalue weighted by Crippen LogP contribution is 2.26. The summed E-state index contributed by atoms with van der Waals surface area (Å²) in [7, 11) is 1.59. The first-order valence-corrected chi connectivity index (χ1v) is 9.88. The molecule has 0 spiro atoms. The Morgan fingerprint density at radius 2 is 1.47 bits per heavy atom. The lowest BCUT2D eigenvalue weighted by atomic mass is 10.00. The van der Waals surface area contributed by atoms with Gasteiger partial charge in [-0.05, 0) is 32.4 Å². The summed E-state index contributed by atoms with van der Waals surface area (Å²) >= 11 is 8.15. The van der Waals surface area contributed by atoms with Gasteiger partial charge in [0.1, 0.15) is 0 Å². The molecule has 0 aliphatic rings. The molecule has 0 saturated carbocycles. The molecule has 0 amide bonds. The molecule has 1 nitrogen and oxygen atoms in total. The summed E-state index contributed by atoms with van der Waals surface area (Å²) in [6.07, 6.45) is 0. The SMILES string of the molecule is CC.Clc1ccc(C(NSI)c2ccccc2)cc1. The lowest BCUT2D eigenvalue weighted by Gasteiger charge is -2.17. The van der Waals surface area contributed by atoms with E-state index >= 15 is 0 Å². The van der Waals surface area contributed by atoms with Gasteiger partial charge < -0.3 is 0 Å². The van der Waals surface area contributed by atoms with E-state index in [2.05, 4.69) is 62.3 Å². The molecular formula is C15H17ClINS. The Labute approximate surface area is 136 Å². The van der Waals surface area contributed by atoms with E-state index in [1.165, 1.54) is 11.1 Å². The van der Waals surface area contributed by atoms with Crippen LogP contribution in [0.4, 0.5) is 0 Å². The second kappa shape index (κ2) is 9.64. The molecule has 4 heteroatoms. The number of benzene rings is 2. The Kier molecular flexibility index (Phi) is 8.53. The molecule has 2 aromatic rings. The Hall–Kier alpha value is -0.230. The molecule has 1 N–H and O–H groups in total. The Balaban J connectivity index is 0.000000861. The van der Waals surface area contributed by atoms with Crippen molar-refractivity contribution in [2.45, 2.75) is 19.9 Å². The van der Waals surface area contributed by atoms with Crippen LogP contribution in [0.2, 0.25) is 5.02 Å². The van der Waals surface area contributed by atoms with Crippen LogP contribution >= 0.6 is 41.9 Å². The second-order valence-electron chi connectivity index (χ2n) is 3.59. The van der Waals surface area contributed by atoms with Crippen LogP contribution in [0.3, 0.4) is 0 Å². The highest BCUT2D eigenvalue weighted by Gasteiger charge is 2.12. The Morgan fingerprint density at radius 3 is 2.00 bits per heavy atom. The molecule has 1 atom stereocenters. The van der Waals surface area contributed by atoms with Crippen LogP contribution in [0, 0.1) is 0 Å². The van der Waals surface area contributed by atoms with Gasteiger partial charge in [-0.2, -0.15) is 0 Å². The molecular weight excluding hydrogens is 389 g/mol. The molecule has 0 heterocycles. The number of halogens is 2. The third kappa shape index (κ3) is 5.34. The minimum atomic E-state index is 0.190. The molecule has 0 aromatic heterocycles. The normalized spacial score (nSPS) is 11.4. The van der Waals surface area contributed by atoms with E-state index in [0.29, 0.717) is 0 Å². The maximum absolute atomic E-state index is 5.91. The molecule has 0 saturated heterocycles. The number of nitrogens with one attached hydrogen (secondary N) is 1.